The summed E-state index contributed by atoms with van der Waals surface area (Å²) in [5, 5.41) is 56.2. The average molecular weight is 852 g/mol. The van der Waals surface area contributed by atoms with E-state index in [1.807, 2.05) is 12.3 Å². The Morgan fingerprint density at radius 2 is 1.76 bits per heavy atom. The van der Waals surface area contributed by atoms with Gasteiger partial charge in [-0.15, -0.1) is 5.69 Å². The second kappa shape index (κ2) is 17.5. The Morgan fingerprint density at radius 1 is 0.921 bits per heavy atom. The zero-order valence-corrected chi connectivity index (χ0v) is 36.1. The minimum atomic E-state index is -1.06. The van der Waals surface area contributed by atoms with Gasteiger partial charge in [-0.05, 0) is 120 Å². The number of nitrogens with two attached hydrogens (primary N) is 1. The lowest BCUT2D eigenvalue weighted by Crippen LogP contribution is -2.53. The van der Waals surface area contributed by atoms with E-state index in [2.05, 4.69) is 56.3 Å². The topological polar surface area (TPSA) is 177 Å². The molecule has 1 saturated carbocycles. The van der Waals surface area contributed by atoms with E-state index in [1.165, 1.54) is 17.2 Å². The molecule has 10 rings (SSSR count). The van der Waals surface area contributed by atoms with E-state index < -0.39 is 12.0 Å². The second-order valence-corrected chi connectivity index (χ2v) is 18.8. The van der Waals surface area contributed by atoms with Crippen LogP contribution < -0.4 is 20.2 Å². The summed E-state index contributed by atoms with van der Waals surface area (Å²) >= 11 is 0. The van der Waals surface area contributed by atoms with Crippen molar-refractivity contribution < 1.29 is 39.8 Å². The third-order valence-electron chi connectivity index (χ3n) is 14.8. The highest BCUT2D eigenvalue weighted by atomic mass is 16.5. The fourth-order valence-corrected chi connectivity index (χ4v) is 12.3. The molecule has 10 nitrogen and oxygen atoms in total. The maximum Gasteiger partial charge on any atom is 0.200 e. The van der Waals surface area contributed by atoms with Crippen molar-refractivity contribution in [2.24, 2.45) is 29.4 Å². The van der Waals surface area contributed by atoms with Gasteiger partial charge in [0.1, 0.15) is 24.9 Å². The smallest absolute Gasteiger partial charge is 0.200 e. The zero-order chi connectivity index (χ0) is 44.0. The van der Waals surface area contributed by atoms with E-state index in [4.69, 9.17) is 20.2 Å². The lowest BCUT2D eigenvalue weighted by Gasteiger charge is -2.60. The van der Waals surface area contributed by atoms with Crippen LogP contribution in [0.1, 0.15) is 116 Å². The van der Waals surface area contributed by atoms with Gasteiger partial charge in [-0.3, -0.25) is 10.5 Å². The number of aromatic hydroxyl groups is 4. The Labute approximate surface area is 369 Å². The summed E-state index contributed by atoms with van der Waals surface area (Å²) in [5.74, 6) is -0.256. The van der Waals surface area contributed by atoms with Crippen molar-refractivity contribution in [2.45, 2.75) is 108 Å². The van der Waals surface area contributed by atoms with Gasteiger partial charge in [0.25, 0.3) is 0 Å². The quantitative estimate of drug-likeness (QED) is 0.0338. The maximum atomic E-state index is 13.9. The van der Waals surface area contributed by atoms with Crippen molar-refractivity contribution in [1.82, 2.24) is 4.98 Å². The number of fused-ring (bicyclic) bond motifs is 9. The summed E-state index contributed by atoms with van der Waals surface area (Å²) < 4.78 is 11.8. The molecule has 1 aromatic heterocycles. The number of phenolic OH excluding ortho intramolecular Hbond substituents is 4. The van der Waals surface area contributed by atoms with Crippen LogP contribution in [0, 0.1) is 23.7 Å². The molecule has 0 aliphatic heterocycles. The number of Topliss-reactive ketones (excluding diaryl/α,β-unsaturated/α-hetero) is 1. The molecule has 0 saturated heterocycles. The number of aliphatic hydroxyl groups is 1. The molecule has 1 heterocycles. The van der Waals surface area contributed by atoms with Crippen LogP contribution >= 0.6 is 0 Å². The van der Waals surface area contributed by atoms with E-state index in [1.54, 1.807) is 36.4 Å². The Bertz CT molecular complexity index is 2510. The highest BCUT2D eigenvalue weighted by Crippen LogP contribution is 2.69. The molecule has 5 aliphatic rings. The van der Waals surface area contributed by atoms with Crippen molar-refractivity contribution in [3.8, 4) is 45.8 Å². The summed E-state index contributed by atoms with van der Waals surface area (Å²) in [4.78, 5) is 18.9. The van der Waals surface area contributed by atoms with Crippen LogP contribution in [0.5, 0.6) is 34.5 Å². The number of carbonyl (C=O) groups is 1. The van der Waals surface area contributed by atoms with Gasteiger partial charge >= 0.3 is 0 Å². The number of nitrogens with zero attached hydrogens (tertiary/aromatic N) is 1. The van der Waals surface area contributed by atoms with Gasteiger partial charge in [0.2, 0.25) is 5.75 Å². The van der Waals surface area contributed by atoms with E-state index >= 15 is 0 Å². The minimum Gasteiger partial charge on any atom is -0.663 e. The molecule has 5 aliphatic carbocycles. The van der Waals surface area contributed by atoms with Crippen LogP contribution in [0.4, 0.5) is 0 Å². The van der Waals surface area contributed by atoms with E-state index in [0.29, 0.717) is 30.2 Å². The Morgan fingerprint density at radius 3 is 2.57 bits per heavy atom. The third-order valence-corrected chi connectivity index (χ3v) is 14.8. The average Bonchev–Trinajstić information content (AvgIpc) is 3.61. The number of allylic oxidation sites excluding steroid dienone is 1. The van der Waals surface area contributed by atoms with Crippen LogP contribution in [0.25, 0.3) is 11.3 Å². The Balaban J connectivity index is 1.15. The van der Waals surface area contributed by atoms with Gasteiger partial charge in [0, 0.05) is 35.7 Å². The number of hydrogen-bond acceptors (Lipinski definition) is 9. The van der Waals surface area contributed by atoms with Crippen LogP contribution in [-0.2, 0) is 23.2 Å². The van der Waals surface area contributed by atoms with Crippen LogP contribution in [0.2, 0.25) is 0 Å². The van der Waals surface area contributed by atoms with Gasteiger partial charge in [0.15, 0.2) is 23.0 Å². The molecule has 0 spiro atoms. The normalized spacial score (nSPS) is 24.8. The second-order valence-electron chi connectivity index (χ2n) is 18.8. The van der Waals surface area contributed by atoms with Crippen LogP contribution in [0.3, 0.4) is 0 Å². The van der Waals surface area contributed by atoms with Gasteiger partial charge in [0.05, 0.1) is 6.10 Å². The number of hydrogen-bond donors (Lipinski definition) is 6. The molecule has 2 bridgehead atoms. The first-order chi connectivity index (χ1) is 30.5. The first-order valence-corrected chi connectivity index (χ1v) is 22.7. The van der Waals surface area contributed by atoms with E-state index in [0.717, 1.165) is 60.1 Å². The Hall–Kier alpha value is -5.71. The number of phenols is 4. The summed E-state index contributed by atoms with van der Waals surface area (Å²) in [7, 11) is 0. The molecule has 8 unspecified atom stereocenters. The molecular weight excluding hydrogens is 793 g/mol. The first-order valence-electron chi connectivity index (χ1n) is 22.7. The summed E-state index contributed by atoms with van der Waals surface area (Å²) in [6.45, 7) is 4.54. The van der Waals surface area contributed by atoms with Gasteiger partial charge < -0.3 is 40.0 Å². The molecule has 1 fully saturated rings. The summed E-state index contributed by atoms with van der Waals surface area (Å²) in [5.41, 5.74) is 13.1. The molecule has 330 valence electrons. The molecule has 10 heteroatoms. The number of benzene rings is 4. The number of rotatable bonds is 15. The SMILES string of the molecule is CC(C)CCC1CCCC2(C3CC4C=CC(C(O)CC(=O)CCc5ccc(O)c(OCN)c5)C3c3cc(O)c(O)c(OCc5cccc(O)c5)c34)c3ccccc3-c3[n-]ccc3C12. The summed E-state index contributed by atoms with van der Waals surface area (Å²) in [6, 6.07) is 24.4. The van der Waals surface area contributed by atoms with Gasteiger partial charge in [-0.2, -0.15) is 6.20 Å². The lowest BCUT2D eigenvalue weighted by atomic mass is 9.44. The summed E-state index contributed by atoms with van der Waals surface area (Å²) in [6.07, 6.45) is 11.6. The number of carbonyl (C=O) groups excluding carboxylic acids is 1. The van der Waals surface area contributed by atoms with Crippen LogP contribution in [0.15, 0.2) is 97.2 Å². The lowest BCUT2D eigenvalue weighted by molar-refractivity contribution is -0.121. The number of ketones is 1. The highest BCUT2D eigenvalue weighted by molar-refractivity contribution is 5.79. The monoisotopic (exact) mass is 851 g/mol. The fraction of sp³-hybridized carbons (Fsp3) is 0.415. The number of aromatic nitrogens is 1. The molecule has 0 radical (unpaired) electrons. The van der Waals surface area contributed by atoms with Gasteiger partial charge in [-0.25, -0.2) is 0 Å². The molecule has 5 aromatic rings. The number of aliphatic hydroxyl groups excluding tert-OH is 1. The van der Waals surface area contributed by atoms with Gasteiger partial charge in [-0.1, -0.05) is 92.9 Å². The van der Waals surface area contributed by atoms with E-state index in [-0.39, 0.29) is 95.5 Å². The predicted octanol–water partition coefficient (Wildman–Crippen LogP) is 9.60. The predicted molar refractivity (Wildman–Crippen MR) is 241 cm³/mol. The van der Waals surface area contributed by atoms with Crippen molar-refractivity contribution in [3.05, 3.63) is 131 Å². The molecular formula is C53H59N2O8-. The number of aryl methyl sites for hydroxylation is 1. The highest BCUT2D eigenvalue weighted by Gasteiger charge is 2.60. The fourth-order valence-electron chi connectivity index (χ4n) is 12.3. The molecule has 7 N–H and O–H groups in total. The van der Waals surface area contributed by atoms with Crippen molar-refractivity contribution in [3.63, 3.8) is 0 Å². The largest absolute Gasteiger partial charge is 0.663 e. The Kier molecular flexibility index (Phi) is 11.8. The van der Waals surface area contributed by atoms with Crippen molar-refractivity contribution in [1.29, 1.82) is 0 Å². The zero-order valence-electron chi connectivity index (χ0n) is 36.1. The minimum absolute atomic E-state index is 0.0274. The van der Waals surface area contributed by atoms with Crippen LogP contribution in [-0.4, -0.2) is 44.2 Å². The molecule has 63 heavy (non-hydrogen) atoms. The van der Waals surface area contributed by atoms with Crippen molar-refractivity contribution >= 4 is 5.78 Å². The molecule has 8 atom stereocenters. The first kappa shape index (κ1) is 42.6. The third kappa shape index (κ3) is 7.75. The van der Waals surface area contributed by atoms with E-state index in [9.17, 15) is 30.3 Å². The van der Waals surface area contributed by atoms with Crippen molar-refractivity contribution in [2.75, 3.05) is 6.73 Å². The molecule has 0 amide bonds. The maximum absolute atomic E-state index is 13.9. The standard InChI is InChI=1S/C53H59N2O8/c1-30(2)12-15-33-8-6-21-53(41-11-4-3-10-37(41)50-39(49(33)53)20-22-55-50)42-25-34-16-18-38(44(59)26-36(57)17-13-31-14-19-43(58)46(24-31)63-29-54)48(42)40-27-45(60)51(61)52(47(34)40)62-28-32-7-5-9-35(56)23-32/h3-5,7,9-11,14,16,18-20,22-24,27,30,33-34,38,42,44,48-49,56,58-61H,6,8,12-13,15,17,21,25-26,28-29,54H2,1-2H3/q-1. The number of ether oxygens (including phenoxy) is 2. The molecule has 4 aromatic carbocycles.